The Bertz CT molecular complexity index is 76.5. The molecule has 0 rings (SSSR count). The summed E-state index contributed by atoms with van der Waals surface area (Å²) in [5, 5.41) is 0.302. The molecule has 68 valence electrons. The average molecular weight is 290 g/mol. The summed E-state index contributed by atoms with van der Waals surface area (Å²) in [5.41, 5.74) is 0. The second-order valence-electron chi connectivity index (χ2n) is 2.64. The van der Waals surface area contributed by atoms with Crippen LogP contribution in [0.25, 0.3) is 0 Å². The van der Waals surface area contributed by atoms with Crippen molar-refractivity contribution in [3.8, 4) is 0 Å². The fourth-order valence-corrected chi connectivity index (χ4v) is 1.64. The molecule has 0 aromatic rings. The van der Waals surface area contributed by atoms with Crippen molar-refractivity contribution in [1.29, 1.82) is 0 Å². The molecule has 0 aliphatic heterocycles. The van der Waals surface area contributed by atoms with Crippen molar-refractivity contribution in [2.75, 3.05) is 5.33 Å². The molecule has 0 saturated carbocycles. The lowest BCUT2D eigenvalue weighted by Gasteiger charge is -1.99. The van der Waals surface area contributed by atoms with Gasteiger partial charge in [-0.1, -0.05) is 51.1 Å². The molecule has 0 saturated heterocycles. The Hall–Kier alpha value is 0.890. The van der Waals surface area contributed by atoms with E-state index in [0.717, 1.165) is 11.8 Å². The maximum Gasteiger partial charge on any atom is 0.154 e. The molecule has 0 heterocycles. The predicted octanol–water partition coefficient (Wildman–Crippen LogP) is 4.41. The molecule has 0 aliphatic carbocycles. The average Bonchev–Trinajstić information content (AvgIpc) is 1.96. The Kier molecular flexibility index (Phi) is 9.71. The maximum atomic E-state index is 12.2. The molecule has 0 amide bonds. The molecule has 0 aromatic heterocycles. The van der Waals surface area contributed by atoms with Crippen LogP contribution in [0, 0.1) is 0 Å². The molecule has 0 spiro atoms. The largest absolute Gasteiger partial charge is 0.235 e. The van der Waals surface area contributed by atoms with E-state index in [2.05, 4.69) is 31.9 Å². The van der Waals surface area contributed by atoms with Crippen LogP contribution in [-0.2, 0) is 0 Å². The van der Waals surface area contributed by atoms with Crippen molar-refractivity contribution in [2.45, 2.75) is 43.6 Å². The van der Waals surface area contributed by atoms with Gasteiger partial charge in [-0.05, 0) is 19.3 Å². The SMILES string of the molecule is FC(Br)CCCCCCCBr. The minimum absolute atomic E-state index is 0.661. The predicted molar refractivity (Wildman–Crippen MR) is 55.3 cm³/mol. The van der Waals surface area contributed by atoms with Gasteiger partial charge in [0.1, 0.15) is 0 Å². The molecule has 0 bridgehead atoms. The molecule has 1 unspecified atom stereocenters. The first-order valence-electron chi connectivity index (χ1n) is 4.11. The molecule has 3 heteroatoms. The van der Waals surface area contributed by atoms with Gasteiger partial charge >= 0.3 is 0 Å². The zero-order valence-corrected chi connectivity index (χ0v) is 9.83. The zero-order valence-electron chi connectivity index (χ0n) is 6.66. The van der Waals surface area contributed by atoms with Gasteiger partial charge in [0.25, 0.3) is 0 Å². The highest BCUT2D eigenvalue weighted by Gasteiger charge is 1.98. The van der Waals surface area contributed by atoms with Crippen molar-refractivity contribution in [1.82, 2.24) is 0 Å². The molecule has 0 aromatic carbocycles. The van der Waals surface area contributed by atoms with Crippen LogP contribution in [0.3, 0.4) is 0 Å². The number of alkyl halides is 3. The number of hydrogen-bond donors (Lipinski definition) is 0. The Morgan fingerprint density at radius 3 is 2.09 bits per heavy atom. The third kappa shape index (κ3) is 10.9. The lowest BCUT2D eigenvalue weighted by molar-refractivity contribution is 0.420. The third-order valence-corrected chi connectivity index (χ3v) is 2.57. The van der Waals surface area contributed by atoms with Crippen molar-refractivity contribution in [2.24, 2.45) is 0 Å². The van der Waals surface area contributed by atoms with Crippen molar-refractivity contribution in [3.63, 3.8) is 0 Å². The minimum atomic E-state index is -0.793. The van der Waals surface area contributed by atoms with Crippen LogP contribution in [0.4, 0.5) is 4.39 Å². The van der Waals surface area contributed by atoms with Crippen LogP contribution in [-0.4, -0.2) is 10.4 Å². The fourth-order valence-electron chi connectivity index (χ4n) is 0.923. The summed E-state index contributed by atoms with van der Waals surface area (Å²) < 4.78 is 12.2. The molecule has 0 aliphatic rings. The van der Waals surface area contributed by atoms with E-state index in [0.29, 0.717) is 6.42 Å². The Morgan fingerprint density at radius 2 is 1.55 bits per heavy atom. The number of hydrogen-bond acceptors (Lipinski definition) is 0. The summed E-state index contributed by atoms with van der Waals surface area (Å²) in [6.07, 6.45) is 6.59. The lowest BCUT2D eigenvalue weighted by atomic mass is 10.1. The van der Waals surface area contributed by atoms with E-state index in [1.54, 1.807) is 0 Å². The van der Waals surface area contributed by atoms with Crippen LogP contribution >= 0.6 is 31.9 Å². The van der Waals surface area contributed by atoms with Gasteiger partial charge in [0.2, 0.25) is 0 Å². The van der Waals surface area contributed by atoms with Crippen LogP contribution < -0.4 is 0 Å². The number of unbranched alkanes of at least 4 members (excludes halogenated alkanes) is 4. The monoisotopic (exact) mass is 288 g/mol. The smallest absolute Gasteiger partial charge is 0.154 e. The summed E-state index contributed by atoms with van der Waals surface area (Å²) in [5.74, 6) is 0. The van der Waals surface area contributed by atoms with Crippen molar-refractivity contribution in [3.05, 3.63) is 0 Å². The topological polar surface area (TPSA) is 0 Å². The number of halogens is 3. The molecule has 11 heavy (non-hydrogen) atoms. The molecule has 0 radical (unpaired) electrons. The molecule has 1 atom stereocenters. The standard InChI is InChI=1S/C8H15Br2F/c9-7-5-3-1-2-4-6-8(10)11/h8H,1-7H2. The highest BCUT2D eigenvalue weighted by Crippen LogP contribution is 2.13. The van der Waals surface area contributed by atoms with E-state index in [1.807, 2.05) is 0 Å². The van der Waals surface area contributed by atoms with Gasteiger partial charge < -0.3 is 0 Å². The summed E-state index contributed by atoms with van der Waals surface area (Å²) >= 11 is 6.26. The zero-order chi connectivity index (χ0) is 8.53. The normalized spacial score (nSPS) is 13.4. The Morgan fingerprint density at radius 1 is 1.00 bits per heavy atom. The quantitative estimate of drug-likeness (QED) is 0.481. The summed E-state index contributed by atoms with van der Waals surface area (Å²) in [6.45, 7) is 0. The van der Waals surface area contributed by atoms with E-state index in [-0.39, 0.29) is 0 Å². The van der Waals surface area contributed by atoms with Gasteiger partial charge in [0.05, 0.1) is 0 Å². The highest BCUT2D eigenvalue weighted by atomic mass is 79.9. The molecule has 0 fully saturated rings. The summed E-state index contributed by atoms with van der Waals surface area (Å²) in [6, 6.07) is 0. The second kappa shape index (κ2) is 8.98. The van der Waals surface area contributed by atoms with E-state index in [1.165, 1.54) is 25.7 Å². The molecule has 0 nitrogen and oxygen atoms in total. The maximum absolute atomic E-state index is 12.2. The van der Waals surface area contributed by atoms with Gasteiger partial charge in [-0.2, -0.15) is 0 Å². The van der Waals surface area contributed by atoms with Gasteiger partial charge in [-0.15, -0.1) is 0 Å². The van der Waals surface area contributed by atoms with E-state index < -0.39 is 5.08 Å². The van der Waals surface area contributed by atoms with Gasteiger partial charge in [0.15, 0.2) is 5.08 Å². The van der Waals surface area contributed by atoms with E-state index in [4.69, 9.17) is 0 Å². The third-order valence-electron chi connectivity index (χ3n) is 1.56. The first-order valence-corrected chi connectivity index (χ1v) is 6.15. The Balaban J connectivity index is 2.80. The van der Waals surface area contributed by atoms with Crippen LogP contribution in [0.5, 0.6) is 0 Å². The van der Waals surface area contributed by atoms with Crippen molar-refractivity contribution < 1.29 is 4.39 Å². The van der Waals surface area contributed by atoms with Gasteiger partial charge in [-0.25, -0.2) is 4.39 Å². The first-order chi connectivity index (χ1) is 5.27. The minimum Gasteiger partial charge on any atom is -0.235 e. The number of rotatable bonds is 7. The molecular weight excluding hydrogens is 275 g/mol. The van der Waals surface area contributed by atoms with Gasteiger partial charge in [0, 0.05) is 5.33 Å². The van der Waals surface area contributed by atoms with Gasteiger partial charge in [-0.3, -0.25) is 0 Å². The van der Waals surface area contributed by atoms with Crippen LogP contribution in [0.2, 0.25) is 0 Å². The van der Waals surface area contributed by atoms with Crippen molar-refractivity contribution >= 4 is 31.9 Å². The highest BCUT2D eigenvalue weighted by molar-refractivity contribution is 9.09. The Labute approximate surface area is 85.2 Å². The molecule has 0 N–H and O–H groups in total. The first kappa shape index (κ1) is 11.9. The van der Waals surface area contributed by atoms with E-state index in [9.17, 15) is 4.39 Å². The van der Waals surface area contributed by atoms with Crippen LogP contribution in [0.1, 0.15) is 38.5 Å². The summed E-state index contributed by atoms with van der Waals surface area (Å²) in [4.78, 5) is 0. The summed E-state index contributed by atoms with van der Waals surface area (Å²) in [7, 11) is 0. The van der Waals surface area contributed by atoms with Crippen LogP contribution in [0.15, 0.2) is 0 Å². The lowest BCUT2D eigenvalue weighted by Crippen LogP contribution is -1.87. The fraction of sp³-hybridized carbons (Fsp3) is 1.00. The molecular formula is C8H15Br2F. The second-order valence-corrected chi connectivity index (χ2v) is 4.42. The van der Waals surface area contributed by atoms with E-state index >= 15 is 0 Å².